The fourth-order valence-corrected chi connectivity index (χ4v) is 2.28. The van der Waals surface area contributed by atoms with Crippen LogP contribution in [0.25, 0.3) is 0 Å². The summed E-state index contributed by atoms with van der Waals surface area (Å²) in [5, 5.41) is 12.0. The maximum Gasteiger partial charge on any atom is 0.236 e. The second-order valence-electron chi connectivity index (χ2n) is 4.92. The minimum absolute atomic E-state index is 0.110. The van der Waals surface area contributed by atoms with Crippen LogP contribution in [0.4, 0.5) is 0 Å². The number of amides is 1. The number of carbonyl (C=O) groups is 1. The van der Waals surface area contributed by atoms with Gasteiger partial charge in [-0.1, -0.05) is 12.1 Å². The van der Waals surface area contributed by atoms with E-state index in [1.54, 1.807) is 12.1 Å². The second kappa shape index (κ2) is 6.35. The number of nitriles is 1. The summed E-state index contributed by atoms with van der Waals surface area (Å²) in [5.41, 5.74) is 1.75. The molecule has 1 aliphatic rings. The smallest absolute Gasteiger partial charge is 0.236 e. The molecular weight excluding hydrogens is 238 g/mol. The van der Waals surface area contributed by atoms with Gasteiger partial charge in [0.1, 0.15) is 0 Å². The molecule has 4 nitrogen and oxygen atoms in total. The van der Waals surface area contributed by atoms with Crippen molar-refractivity contribution >= 4 is 5.91 Å². The van der Waals surface area contributed by atoms with Crippen LogP contribution < -0.4 is 5.32 Å². The van der Waals surface area contributed by atoms with Crippen LogP contribution >= 0.6 is 0 Å². The van der Waals surface area contributed by atoms with Crippen LogP contribution in [-0.4, -0.2) is 30.4 Å². The van der Waals surface area contributed by atoms with E-state index in [1.165, 1.54) is 0 Å². The lowest BCUT2D eigenvalue weighted by Gasteiger charge is -2.18. The summed E-state index contributed by atoms with van der Waals surface area (Å²) < 4.78 is 0. The van der Waals surface area contributed by atoms with Crippen molar-refractivity contribution < 1.29 is 4.79 Å². The van der Waals surface area contributed by atoms with Crippen LogP contribution in [-0.2, 0) is 4.79 Å². The Balaban J connectivity index is 1.84. The third-order valence-corrected chi connectivity index (χ3v) is 3.56. The first-order valence-corrected chi connectivity index (χ1v) is 6.72. The predicted molar refractivity (Wildman–Crippen MR) is 73.4 cm³/mol. The van der Waals surface area contributed by atoms with Gasteiger partial charge in [0.05, 0.1) is 18.2 Å². The topological polar surface area (TPSA) is 56.1 Å². The normalized spacial score (nSPS) is 16.1. The van der Waals surface area contributed by atoms with Crippen LogP contribution in [0.15, 0.2) is 24.3 Å². The van der Waals surface area contributed by atoms with E-state index >= 15 is 0 Å². The van der Waals surface area contributed by atoms with E-state index in [2.05, 4.69) is 11.4 Å². The quantitative estimate of drug-likeness (QED) is 0.895. The molecule has 0 aliphatic carbocycles. The second-order valence-corrected chi connectivity index (χ2v) is 4.92. The number of benzene rings is 1. The van der Waals surface area contributed by atoms with E-state index in [0.29, 0.717) is 12.1 Å². The summed E-state index contributed by atoms with van der Waals surface area (Å²) in [6, 6.07) is 9.67. The molecule has 2 rings (SSSR count). The molecule has 1 saturated heterocycles. The van der Waals surface area contributed by atoms with Gasteiger partial charge in [0.2, 0.25) is 5.91 Å². The number of carbonyl (C=O) groups excluding carboxylic acids is 1. The van der Waals surface area contributed by atoms with Crippen LogP contribution in [0.1, 0.15) is 36.9 Å². The molecule has 0 spiro atoms. The van der Waals surface area contributed by atoms with Gasteiger partial charge < -0.3 is 10.2 Å². The van der Waals surface area contributed by atoms with Gasteiger partial charge in [0.15, 0.2) is 0 Å². The third kappa shape index (κ3) is 3.55. The highest BCUT2D eigenvalue weighted by molar-refractivity contribution is 5.78. The zero-order valence-electron chi connectivity index (χ0n) is 11.2. The van der Waals surface area contributed by atoms with E-state index in [-0.39, 0.29) is 11.9 Å². The van der Waals surface area contributed by atoms with Crippen molar-refractivity contribution in [1.29, 1.82) is 5.26 Å². The minimum atomic E-state index is 0.110. The van der Waals surface area contributed by atoms with Gasteiger partial charge in [0.25, 0.3) is 0 Å². The molecule has 1 N–H and O–H groups in total. The van der Waals surface area contributed by atoms with E-state index in [4.69, 9.17) is 5.26 Å². The van der Waals surface area contributed by atoms with Crippen LogP contribution in [0.2, 0.25) is 0 Å². The number of nitrogens with one attached hydrogen (secondary N) is 1. The zero-order chi connectivity index (χ0) is 13.7. The fraction of sp³-hybridized carbons (Fsp3) is 0.467. The number of likely N-dealkylation sites (tertiary alicyclic amines) is 1. The van der Waals surface area contributed by atoms with E-state index in [9.17, 15) is 4.79 Å². The van der Waals surface area contributed by atoms with Crippen molar-refractivity contribution in [3.63, 3.8) is 0 Å². The third-order valence-electron chi connectivity index (χ3n) is 3.56. The van der Waals surface area contributed by atoms with Gasteiger partial charge >= 0.3 is 0 Å². The molecule has 0 aromatic heterocycles. The summed E-state index contributed by atoms with van der Waals surface area (Å²) in [6.45, 7) is 4.19. The molecule has 1 aliphatic heterocycles. The Morgan fingerprint density at radius 3 is 2.58 bits per heavy atom. The highest BCUT2D eigenvalue weighted by Crippen LogP contribution is 2.13. The monoisotopic (exact) mass is 257 g/mol. The zero-order valence-corrected chi connectivity index (χ0v) is 11.2. The summed E-state index contributed by atoms with van der Waals surface area (Å²) in [4.78, 5) is 13.8. The Morgan fingerprint density at radius 1 is 1.37 bits per heavy atom. The van der Waals surface area contributed by atoms with Crippen molar-refractivity contribution in [1.82, 2.24) is 10.2 Å². The highest BCUT2D eigenvalue weighted by Gasteiger charge is 2.18. The minimum Gasteiger partial charge on any atom is -0.342 e. The Kier molecular flexibility index (Phi) is 4.53. The molecular formula is C15H19N3O. The molecule has 1 unspecified atom stereocenters. The lowest BCUT2D eigenvalue weighted by atomic mass is 10.1. The lowest BCUT2D eigenvalue weighted by molar-refractivity contribution is -0.129. The Bertz CT molecular complexity index is 469. The standard InChI is InChI=1S/C15H19N3O/c1-12(14-6-4-13(10-16)5-7-14)17-11-15(19)18-8-2-3-9-18/h4-7,12,17H,2-3,8-9,11H2,1H3. The lowest BCUT2D eigenvalue weighted by Crippen LogP contribution is -2.37. The summed E-state index contributed by atoms with van der Waals surface area (Å²) in [5.74, 6) is 0.179. The van der Waals surface area contributed by atoms with Crippen LogP contribution in [0.5, 0.6) is 0 Å². The van der Waals surface area contributed by atoms with E-state index in [0.717, 1.165) is 31.5 Å². The van der Waals surface area contributed by atoms with Gasteiger partial charge in [-0.2, -0.15) is 5.26 Å². The van der Waals surface area contributed by atoms with Crippen molar-refractivity contribution in [2.24, 2.45) is 0 Å². The molecule has 0 radical (unpaired) electrons. The molecule has 1 fully saturated rings. The first-order valence-electron chi connectivity index (χ1n) is 6.72. The molecule has 1 amide bonds. The SMILES string of the molecule is CC(NCC(=O)N1CCCC1)c1ccc(C#N)cc1. The van der Waals surface area contributed by atoms with Gasteiger partial charge in [-0.05, 0) is 37.5 Å². The Labute approximate surface area is 114 Å². The molecule has 0 saturated carbocycles. The van der Waals surface area contributed by atoms with Gasteiger partial charge in [0, 0.05) is 19.1 Å². The summed E-state index contributed by atoms with van der Waals surface area (Å²) in [7, 11) is 0. The van der Waals surface area contributed by atoms with E-state index < -0.39 is 0 Å². The molecule has 1 aromatic rings. The number of hydrogen-bond donors (Lipinski definition) is 1. The molecule has 1 atom stereocenters. The number of rotatable bonds is 4. The van der Waals surface area contributed by atoms with Gasteiger partial charge in [-0.25, -0.2) is 0 Å². The predicted octanol–water partition coefficient (Wildman–Crippen LogP) is 1.83. The van der Waals surface area contributed by atoms with Crippen LogP contribution in [0, 0.1) is 11.3 Å². The van der Waals surface area contributed by atoms with E-state index in [1.807, 2.05) is 24.0 Å². The molecule has 1 aromatic carbocycles. The Hall–Kier alpha value is -1.86. The fourth-order valence-electron chi connectivity index (χ4n) is 2.28. The van der Waals surface area contributed by atoms with Crippen molar-refractivity contribution in [2.45, 2.75) is 25.8 Å². The van der Waals surface area contributed by atoms with Crippen molar-refractivity contribution in [2.75, 3.05) is 19.6 Å². The van der Waals surface area contributed by atoms with Crippen molar-refractivity contribution in [3.05, 3.63) is 35.4 Å². The molecule has 100 valence electrons. The first-order chi connectivity index (χ1) is 9.20. The number of nitrogens with zero attached hydrogens (tertiary/aromatic N) is 2. The molecule has 0 bridgehead atoms. The molecule has 4 heteroatoms. The first kappa shape index (κ1) is 13.6. The summed E-state index contributed by atoms with van der Waals surface area (Å²) in [6.07, 6.45) is 2.24. The average Bonchev–Trinajstić information content (AvgIpc) is 2.98. The molecule has 1 heterocycles. The Morgan fingerprint density at radius 2 is 2.00 bits per heavy atom. The average molecular weight is 257 g/mol. The number of hydrogen-bond acceptors (Lipinski definition) is 3. The van der Waals surface area contributed by atoms with Gasteiger partial charge in [-0.15, -0.1) is 0 Å². The summed E-state index contributed by atoms with van der Waals surface area (Å²) >= 11 is 0. The maximum atomic E-state index is 11.9. The largest absolute Gasteiger partial charge is 0.342 e. The van der Waals surface area contributed by atoms with Crippen molar-refractivity contribution in [3.8, 4) is 6.07 Å². The highest BCUT2D eigenvalue weighted by atomic mass is 16.2. The van der Waals surface area contributed by atoms with Crippen LogP contribution in [0.3, 0.4) is 0 Å². The maximum absolute atomic E-state index is 11.9. The molecule has 19 heavy (non-hydrogen) atoms. The van der Waals surface area contributed by atoms with Gasteiger partial charge in [-0.3, -0.25) is 4.79 Å².